The number of aryl methyl sites for hydroxylation is 1. The maximum absolute atomic E-state index is 9.34. The predicted molar refractivity (Wildman–Crippen MR) is 70.5 cm³/mol. The minimum Gasteiger partial charge on any atom is -0.396 e. The van der Waals surface area contributed by atoms with Gasteiger partial charge in [0.15, 0.2) is 0 Å². The Kier molecular flexibility index (Phi) is 4.16. The summed E-state index contributed by atoms with van der Waals surface area (Å²) in [6.07, 6.45) is 5.04. The molecule has 4 nitrogen and oxygen atoms in total. The molecule has 0 aromatic carbocycles. The van der Waals surface area contributed by atoms with Gasteiger partial charge in [0.1, 0.15) is 11.9 Å². The smallest absolute Gasteiger partial charge is 0.144 e. The van der Waals surface area contributed by atoms with E-state index in [1.807, 2.05) is 6.92 Å². The van der Waals surface area contributed by atoms with Gasteiger partial charge in [-0.1, -0.05) is 0 Å². The first-order chi connectivity index (χ1) is 8.77. The van der Waals surface area contributed by atoms with Crippen LogP contribution in [-0.4, -0.2) is 23.2 Å². The molecule has 0 atom stereocenters. The normalized spacial score (nSPS) is 13.8. The minimum atomic E-state index is 0.152. The molecule has 2 N–H and O–H groups in total. The molecule has 0 radical (unpaired) electrons. The Bertz CT molecular complexity index is 477. The number of aromatic nitrogens is 1. The van der Waals surface area contributed by atoms with E-state index in [2.05, 4.69) is 16.4 Å². The number of hydrogen-bond donors (Lipinski definition) is 2. The molecule has 4 heteroatoms. The number of pyridine rings is 1. The average molecular weight is 245 g/mol. The Morgan fingerprint density at radius 1 is 1.33 bits per heavy atom. The van der Waals surface area contributed by atoms with Gasteiger partial charge < -0.3 is 10.4 Å². The van der Waals surface area contributed by atoms with Gasteiger partial charge >= 0.3 is 0 Å². The number of nitrogens with zero attached hydrogens (tertiary/aromatic N) is 2. The van der Waals surface area contributed by atoms with Crippen LogP contribution in [0.15, 0.2) is 0 Å². The second kappa shape index (κ2) is 5.83. The standard InChI is InChI=1S/C14H19N3O/c1-10-11-5-2-3-6-12(11)13(9-15)14(17-10)16-7-4-8-18/h18H,2-8H2,1H3,(H,16,17). The molecule has 1 aliphatic carbocycles. The lowest BCUT2D eigenvalue weighted by Crippen LogP contribution is -2.14. The van der Waals surface area contributed by atoms with E-state index in [1.165, 1.54) is 17.5 Å². The second-order valence-electron chi connectivity index (χ2n) is 4.70. The van der Waals surface area contributed by atoms with Crippen molar-refractivity contribution in [1.29, 1.82) is 5.26 Å². The van der Waals surface area contributed by atoms with Crippen molar-refractivity contribution >= 4 is 5.82 Å². The van der Waals surface area contributed by atoms with Crippen molar-refractivity contribution in [2.45, 2.75) is 39.0 Å². The van der Waals surface area contributed by atoms with Crippen molar-refractivity contribution in [3.05, 3.63) is 22.4 Å². The van der Waals surface area contributed by atoms with Gasteiger partial charge in [0.05, 0.1) is 5.56 Å². The average Bonchev–Trinajstić information content (AvgIpc) is 2.39. The first-order valence-corrected chi connectivity index (χ1v) is 6.55. The van der Waals surface area contributed by atoms with Crippen LogP contribution in [0.25, 0.3) is 0 Å². The van der Waals surface area contributed by atoms with Crippen molar-refractivity contribution in [3.63, 3.8) is 0 Å². The molecule has 1 heterocycles. The van der Waals surface area contributed by atoms with E-state index in [1.54, 1.807) is 0 Å². The fourth-order valence-corrected chi connectivity index (χ4v) is 2.55. The van der Waals surface area contributed by atoms with Crippen molar-refractivity contribution < 1.29 is 5.11 Å². The summed E-state index contributed by atoms with van der Waals surface area (Å²) < 4.78 is 0. The number of rotatable bonds is 4. The maximum Gasteiger partial charge on any atom is 0.144 e. The molecule has 0 bridgehead atoms. The van der Waals surface area contributed by atoms with Crippen molar-refractivity contribution in [3.8, 4) is 6.07 Å². The van der Waals surface area contributed by atoms with Crippen LogP contribution in [0.3, 0.4) is 0 Å². The molecule has 1 aliphatic rings. The van der Waals surface area contributed by atoms with E-state index in [4.69, 9.17) is 5.11 Å². The van der Waals surface area contributed by atoms with Gasteiger partial charge in [-0.2, -0.15) is 5.26 Å². The quantitative estimate of drug-likeness (QED) is 0.795. The lowest BCUT2D eigenvalue weighted by molar-refractivity contribution is 0.292. The van der Waals surface area contributed by atoms with Crippen molar-refractivity contribution in [2.75, 3.05) is 18.5 Å². The Morgan fingerprint density at radius 2 is 2.06 bits per heavy atom. The molecule has 1 aromatic rings. The van der Waals surface area contributed by atoms with Crippen molar-refractivity contribution in [1.82, 2.24) is 4.98 Å². The predicted octanol–water partition coefficient (Wildman–Crippen LogP) is 1.93. The first kappa shape index (κ1) is 12.8. The monoisotopic (exact) mass is 245 g/mol. The van der Waals surface area contributed by atoms with E-state index < -0.39 is 0 Å². The van der Waals surface area contributed by atoms with Crippen LogP contribution in [0.1, 0.15) is 41.6 Å². The third-order valence-corrected chi connectivity index (χ3v) is 3.46. The van der Waals surface area contributed by atoms with Crippen LogP contribution in [0.2, 0.25) is 0 Å². The van der Waals surface area contributed by atoms with Gasteiger partial charge in [-0.05, 0) is 50.2 Å². The third kappa shape index (κ3) is 2.46. The fraction of sp³-hybridized carbons (Fsp3) is 0.571. The van der Waals surface area contributed by atoms with Gasteiger partial charge in [-0.15, -0.1) is 0 Å². The molecule has 2 rings (SSSR count). The van der Waals surface area contributed by atoms with Gasteiger partial charge in [-0.3, -0.25) is 0 Å². The van der Waals surface area contributed by atoms with Gasteiger partial charge in [-0.25, -0.2) is 4.98 Å². The lowest BCUT2D eigenvalue weighted by atomic mass is 9.88. The second-order valence-corrected chi connectivity index (χ2v) is 4.70. The summed E-state index contributed by atoms with van der Waals surface area (Å²) in [6.45, 7) is 2.82. The number of anilines is 1. The van der Waals surface area contributed by atoms with Crippen LogP contribution in [0.4, 0.5) is 5.82 Å². The minimum absolute atomic E-state index is 0.152. The topological polar surface area (TPSA) is 68.9 Å². The number of nitriles is 1. The third-order valence-electron chi connectivity index (χ3n) is 3.46. The summed E-state index contributed by atoms with van der Waals surface area (Å²) in [7, 11) is 0. The molecular weight excluding hydrogens is 226 g/mol. The number of hydrogen-bond acceptors (Lipinski definition) is 4. The molecule has 0 saturated heterocycles. The molecule has 0 spiro atoms. The fourth-order valence-electron chi connectivity index (χ4n) is 2.55. The Hall–Kier alpha value is -1.60. The summed E-state index contributed by atoms with van der Waals surface area (Å²) in [5, 5.41) is 21.3. The molecule has 0 unspecified atom stereocenters. The highest BCUT2D eigenvalue weighted by Crippen LogP contribution is 2.29. The molecular formula is C14H19N3O. The number of fused-ring (bicyclic) bond motifs is 1. The van der Waals surface area contributed by atoms with Crippen LogP contribution in [-0.2, 0) is 12.8 Å². The van der Waals surface area contributed by atoms with Gasteiger partial charge in [0.2, 0.25) is 0 Å². The molecule has 1 aromatic heterocycles. The van der Waals surface area contributed by atoms with E-state index in [0.29, 0.717) is 24.3 Å². The molecule has 0 fully saturated rings. The Balaban J connectivity index is 2.35. The van der Waals surface area contributed by atoms with E-state index in [0.717, 1.165) is 25.0 Å². The highest BCUT2D eigenvalue weighted by molar-refractivity contribution is 5.60. The molecule has 96 valence electrons. The zero-order valence-electron chi connectivity index (χ0n) is 10.8. The lowest BCUT2D eigenvalue weighted by Gasteiger charge is -2.21. The van der Waals surface area contributed by atoms with E-state index in [-0.39, 0.29) is 6.61 Å². The maximum atomic E-state index is 9.34. The Labute approximate surface area is 108 Å². The van der Waals surface area contributed by atoms with Gasteiger partial charge in [0, 0.05) is 18.8 Å². The summed E-state index contributed by atoms with van der Waals surface area (Å²) in [5.74, 6) is 0.684. The van der Waals surface area contributed by atoms with E-state index in [9.17, 15) is 5.26 Å². The SMILES string of the molecule is Cc1nc(NCCCO)c(C#N)c2c1CCCC2. The number of aliphatic hydroxyl groups excluding tert-OH is 1. The zero-order chi connectivity index (χ0) is 13.0. The van der Waals surface area contributed by atoms with Crippen LogP contribution in [0.5, 0.6) is 0 Å². The summed E-state index contributed by atoms with van der Waals surface area (Å²) >= 11 is 0. The summed E-state index contributed by atoms with van der Waals surface area (Å²) in [4.78, 5) is 4.51. The molecule has 0 amide bonds. The molecule has 0 saturated carbocycles. The largest absolute Gasteiger partial charge is 0.396 e. The van der Waals surface area contributed by atoms with Gasteiger partial charge in [0.25, 0.3) is 0 Å². The Morgan fingerprint density at radius 3 is 2.72 bits per heavy atom. The van der Waals surface area contributed by atoms with Crippen molar-refractivity contribution in [2.24, 2.45) is 0 Å². The molecule has 18 heavy (non-hydrogen) atoms. The summed E-state index contributed by atoms with van der Waals surface area (Å²) in [5.41, 5.74) is 4.19. The van der Waals surface area contributed by atoms with Crippen LogP contribution < -0.4 is 5.32 Å². The highest BCUT2D eigenvalue weighted by atomic mass is 16.3. The molecule has 0 aliphatic heterocycles. The number of nitrogens with one attached hydrogen (secondary N) is 1. The summed E-state index contributed by atoms with van der Waals surface area (Å²) in [6, 6.07) is 2.29. The highest BCUT2D eigenvalue weighted by Gasteiger charge is 2.19. The van der Waals surface area contributed by atoms with Crippen LogP contribution >= 0.6 is 0 Å². The van der Waals surface area contributed by atoms with Crippen LogP contribution in [0, 0.1) is 18.3 Å². The first-order valence-electron chi connectivity index (χ1n) is 6.55. The number of aliphatic hydroxyl groups is 1. The zero-order valence-corrected chi connectivity index (χ0v) is 10.8. The van der Waals surface area contributed by atoms with E-state index >= 15 is 0 Å².